The quantitative estimate of drug-likeness (QED) is 0.491. The molecule has 1 rings (SSSR count). The van der Waals surface area contributed by atoms with E-state index in [1.807, 2.05) is 13.0 Å². The van der Waals surface area contributed by atoms with Crippen LogP contribution in [0.4, 0.5) is 0 Å². The highest BCUT2D eigenvalue weighted by atomic mass is 16.5. The van der Waals surface area contributed by atoms with Gasteiger partial charge in [-0.05, 0) is 26.0 Å². The lowest BCUT2D eigenvalue weighted by Gasteiger charge is -2.13. The van der Waals surface area contributed by atoms with Crippen molar-refractivity contribution in [2.75, 3.05) is 6.54 Å². The second-order valence-electron chi connectivity index (χ2n) is 3.84. The van der Waals surface area contributed by atoms with E-state index < -0.39 is 11.9 Å². The highest BCUT2D eigenvalue weighted by Gasteiger charge is 2.22. The highest BCUT2D eigenvalue weighted by molar-refractivity contribution is 5.97. The summed E-state index contributed by atoms with van der Waals surface area (Å²) >= 11 is 0. The van der Waals surface area contributed by atoms with Crippen molar-refractivity contribution in [2.45, 2.75) is 13.8 Å². The molecule has 1 aromatic rings. The van der Waals surface area contributed by atoms with Gasteiger partial charge in [0.1, 0.15) is 5.75 Å². The standard InChI is InChI=1S/C14H17NO3/c1-4-15-13(16)10(2)11(3)14(17)18-12-8-6-5-7-9-12/h5-10H,3-4H2,1-2H3,(H,15,16). The molecule has 0 aliphatic rings. The van der Waals surface area contributed by atoms with Crippen molar-refractivity contribution < 1.29 is 14.3 Å². The Kier molecular flexibility index (Phi) is 5.11. The zero-order chi connectivity index (χ0) is 13.5. The van der Waals surface area contributed by atoms with Gasteiger partial charge >= 0.3 is 5.97 Å². The smallest absolute Gasteiger partial charge is 0.339 e. The van der Waals surface area contributed by atoms with Crippen LogP contribution in [0, 0.1) is 5.92 Å². The molecule has 1 unspecified atom stereocenters. The highest BCUT2D eigenvalue weighted by Crippen LogP contribution is 2.14. The van der Waals surface area contributed by atoms with Crippen LogP contribution in [0.15, 0.2) is 42.5 Å². The lowest BCUT2D eigenvalue weighted by Crippen LogP contribution is -2.32. The molecular weight excluding hydrogens is 230 g/mol. The molecule has 0 bridgehead atoms. The molecule has 0 aliphatic carbocycles. The van der Waals surface area contributed by atoms with Crippen LogP contribution in [0.2, 0.25) is 0 Å². The van der Waals surface area contributed by atoms with Crippen molar-refractivity contribution >= 4 is 11.9 Å². The van der Waals surface area contributed by atoms with E-state index in [4.69, 9.17) is 4.74 Å². The summed E-state index contributed by atoms with van der Waals surface area (Å²) in [5.41, 5.74) is 0.143. The number of hydrogen-bond acceptors (Lipinski definition) is 3. The molecule has 4 nitrogen and oxygen atoms in total. The zero-order valence-corrected chi connectivity index (χ0v) is 10.6. The molecule has 0 aliphatic heterocycles. The Balaban J connectivity index is 2.62. The summed E-state index contributed by atoms with van der Waals surface area (Å²) in [7, 11) is 0. The van der Waals surface area contributed by atoms with E-state index in [-0.39, 0.29) is 11.5 Å². The fraction of sp³-hybridized carbons (Fsp3) is 0.286. The molecule has 96 valence electrons. The molecule has 0 spiro atoms. The first-order chi connectivity index (χ1) is 8.56. The first-order valence-corrected chi connectivity index (χ1v) is 5.80. The summed E-state index contributed by atoms with van der Waals surface area (Å²) in [6.07, 6.45) is 0. The van der Waals surface area contributed by atoms with Crippen LogP contribution >= 0.6 is 0 Å². The van der Waals surface area contributed by atoms with Gasteiger partial charge in [0.15, 0.2) is 0 Å². The number of esters is 1. The van der Waals surface area contributed by atoms with Gasteiger partial charge in [-0.1, -0.05) is 24.8 Å². The largest absolute Gasteiger partial charge is 0.423 e. The van der Waals surface area contributed by atoms with E-state index in [0.29, 0.717) is 12.3 Å². The minimum Gasteiger partial charge on any atom is -0.423 e. The molecule has 1 aromatic carbocycles. The Labute approximate surface area is 107 Å². The summed E-state index contributed by atoms with van der Waals surface area (Å²) < 4.78 is 5.11. The lowest BCUT2D eigenvalue weighted by atomic mass is 10.0. The average Bonchev–Trinajstić information content (AvgIpc) is 2.38. The fourth-order valence-corrected chi connectivity index (χ4v) is 1.32. The number of carbonyl (C=O) groups is 2. The van der Waals surface area contributed by atoms with Gasteiger partial charge in [0.2, 0.25) is 5.91 Å². The number of benzene rings is 1. The van der Waals surface area contributed by atoms with Gasteiger partial charge in [-0.2, -0.15) is 0 Å². The SMILES string of the molecule is C=C(C(=O)Oc1ccccc1)C(C)C(=O)NCC. The average molecular weight is 247 g/mol. The van der Waals surface area contributed by atoms with E-state index in [0.717, 1.165) is 0 Å². The van der Waals surface area contributed by atoms with Crippen LogP contribution < -0.4 is 10.1 Å². The molecule has 0 saturated carbocycles. The van der Waals surface area contributed by atoms with Gasteiger partial charge in [0.05, 0.1) is 5.92 Å². The van der Waals surface area contributed by atoms with E-state index in [9.17, 15) is 9.59 Å². The van der Waals surface area contributed by atoms with Crippen molar-refractivity contribution in [3.63, 3.8) is 0 Å². The number of para-hydroxylation sites is 1. The van der Waals surface area contributed by atoms with Crippen LogP contribution in [-0.2, 0) is 9.59 Å². The monoisotopic (exact) mass is 247 g/mol. The van der Waals surface area contributed by atoms with Gasteiger partial charge in [-0.25, -0.2) is 4.79 Å². The van der Waals surface area contributed by atoms with Crippen LogP contribution in [0.5, 0.6) is 5.75 Å². The molecular formula is C14H17NO3. The minimum absolute atomic E-state index is 0.143. The second kappa shape index (κ2) is 6.59. The number of rotatable bonds is 5. The fourth-order valence-electron chi connectivity index (χ4n) is 1.32. The molecule has 0 fully saturated rings. The van der Waals surface area contributed by atoms with Gasteiger partial charge in [-0.15, -0.1) is 0 Å². The van der Waals surface area contributed by atoms with Crippen LogP contribution in [0.3, 0.4) is 0 Å². The summed E-state index contributed by atoms with van der Waals surface area (Å²) in [6.45, 7) is 7.58. The Morgan fingerprint density at radius 3 is 2.50 bits per heavy atom. The topological polar surface area (TPSA) is 55.4 Å². The van der Waals surface area contributed by atoms with Gasteiger partial charge in [0.25, 0.3) is 0 Å². The van der Waals surface area contributed by atoms with E-state index in [1.54, 1.807) is 31.2 Å². The molecule has 0 heterocycles. The third-order valence-electron chi connectivity index (χ3n) is 2.48. The summed E-state index contributed by atoms with van der Waals surface area (Å²) in [5, 5.41) is 2.64. The Morgan fingerprint density at radius 2 is 1.94 bits per heavy atom. The molecule has 1 atom stereocenters. The maximum absolute atomic E-state index is 11.8. The lowest BCUT2D eigenvalue weighted by molar-refractivity contribution is -0.133. The normalized spacial score (nSPS) is 11.4. The van der Waals surface area contributed by atoms with Crippen LogP contribution in [0.25, 0.3) is 0 Å². The summed E-state index contributed by atoms with van der Waals surface area (Å²) in [6, 6.07) is 8.69. The molecule has 18 heavy (non-hydrogen) atoms. The third-order valence-corrected chi connectivity index (χ3v) is 2.48. The van der Waals surface area contributed by atoms with Gasteiger partial charge in [0, 0.05) is 12.1 Å². The van der Waals surface area contributed by atoms with E-state index in [2.05, 4.69) is 11.9 Å². The number of amides is 1. The zero-order valence-electron chi connectivity index (χ0n) is 10.6. The van der Waals surface area contributed by atoms with Crippen molar-refractivity contribution in [1.29, 1.82) is 0 Å². The Morgan fingerprint density at radius 1 is 1.33 bits per heavy atom. The molecule has 4 heteroatoms. The Hall–Kier alpha value is -2.10. The van der Waals surface area contributed by atoms with Gasteiger partial charge < -0.3 is 10.1 Å². The van der Waals surface area contributed by atoms with E-state index in [1.165, 1.54) is 0 Å². The first kappa shape index (κ1) is 14.0. The number of ether oxygens (including phenoxy) is 1. The molecule has 0 saturated heterocycles. The first-order valence-electron chi connectivity index (χ1n) is 5.80. The maximum Gasteiger partial charge on any atom is 0.339 e. The van der Waals surface area contributed by atoms with Crippen molar-refractivity contribution in [1.82, 2.24) is 5.32 Å². The van der Waals surface area contributed by atoms with Crippen molar-refractivity contribution in [3.8, 4) is 5.75 Å². The number of carbonyl (C=O) groups excluding carboxylic acids is 2. The molecule has 0 radical (unpaired) electrons. The number of nitrogens with one attached hydrogen (secondary N) is 1. The molecule has 0 aromatic heterocycles. The van der Waals surface area contributed by atoms with Crippen molar-refractivity contribution in [3.05, 3.63) is 42.5 Å². The second-order valence-corrected chi connectivity index (χ2v) is 3.84. The summed E-state index contributed by atoms with van der Waals surface area (Å²) in [4.78, 5) is 23.3. The predicted octanol–water partition coefficient (Wildman–Crippen LogP) is 1.92. The van der Waals surface area contributed by atoms with Crippen LogP contribution in [0.1, 0.15) is 13.8 Å². The van der Waals surface area contributed by atoms with E-state index >= 15 is 0 Å². The van der Waals surface area contributed by atoms with Crippen LogP contribution in [-0.4, -0.2) is 18.4 Å². The summed E-state index contributed by atoms with van der Waals surface area (Å²) in [5.74, 6) is -0.972. The van der Waals surface area contributed by atoms with Gasteiger partial charge in [-0.3, -0.25) is 4.79 Å². The minimum atomic E-state index is -0.596. The number of hydrogen-bond donors (Lipinski definition) is 1. The molecule has 1 amide bonds. The molecule has 1 N–H and O–H groups in total. The van der Waals surface area contributed by atoms with Crippen molar-refractivity contribution in [2.24, 2.45) is 5.92 Å². The predicted molar refractivity (Wildman–Crippen MR) is 69.1 cm³/mol. The maximum atomic E-state index is 11.8. The Bertz CT molecular complexity index is 440. The third kappa shape index (κ3) is 3.73.